The second-order valence-corrected chi connectivity index (χ2v) is 9.75. The molecule has 0 aliphatic carbocycles. The second-order valence-electron chi connectivity index (χ2n) is 6.73. The van der Waals surface area contributed by atoms with E-state index in [2.05, 4.69) is 26.1 Å². The third-order valence-corrected chi connectivity index (χ3v) is 7.05. The maximum absolute atomic E-state index is 12.5. The molecule has 0 atom stereocenters. The van der Waals surface area contributed by atoms with Gasteiger partial charge in [-0.1, -0.05) is 34.1 Å². The molecule has 2 aromatic rings. The summed E-state index contributed by atoms with van der Waals surface area (Å²) in [6.45, 7) is 2.09. The SMILES string of the molecule is O=C(NC1CCN(CCS(=O)(=O)c2ccc(Br)cc2)CC1)c1ccccc1. The maximum Gasteiger partial charge on any atom is 0.251 e. The molecule has 3 rings (SSSR count). The monoisotopic (exact) mass is 450 g/mol. The van der Waals surface area contributed by atoms with Crippen LogP contribution in [0.25, 0.3) is 0 Å². The number of hydrogen-bond donors (Lipinski definition) is 1. The van der Waals surface area contributed by atoms with Gasteiger partial charge in [-0.3, -0.25) is 4.79 Å². The van der Waals surface area contributed by atoms with Gasteiger partial charge in [-0.2, -0.15) is 0 Å². The molecular formula is C20H23BrN2O3S. The number of amides is 1. The Morgan fingerprint density at radius 2 is 1.67 bits per heavy atom. The molecular weight excluding hydrogens is 428 g/mol. The number of nitrogens with one attached hydrogen (secondary N) is 1. The summed E-state index contributed by atoms with van der Waals surface area (Å²) >= 11 is 3.32. The summed E-state index contributed by atoms with van der Waals surface area (Å²) in [5.74, 6) is 0.0576. The lowest BCUT2D eigenvalue weighted by Gasteiger charge is -2.32. The van der Waals surface area contributed by atoms with Crippen molar-refractivity contribution >= 4 is 31.7 Å². The number of sulfone groups is 1. The molecule has 1 amide bonds. The molecule has 1 N–H and O–H groups in total. The fourth-order valence-corrected chi connectivity index (χ4v) is 4.72. The molecule has 0 saturated carbocycles. The highest BCUT2D eigenvalue weighted by molar-refractivity contribution is 9.10. The molecule has 1 fully saturated rings. The van der Waals surface area contributed by atoms with E-state index in [1.54, 1.807) is 36.4 Å². The van der Waals surface area contributed by atoms with Gasteiger partial charge in [0.2, 0.25) is 0 Å². The van der Waals surface area contributed by atoms with Crippen molar-refractivity contribution in [1.29, 1.82) is 0 Å². The fourth-order valence-electron chi connectivity index (χ4n) is 3.17. The Morgan fingerprint density at radius 1 is 1.04 bits per heavy atom. The number of benzene rings is 2. The van der Waals surface area contributed by atoms with Crippen LogP contribution in [-0.4, -0.2) is 50.7 Å². The van der Waals surface area contributed by atoms with Crippen LogP contribution < -0.4 is 5.32 Å². The number of rotatable bonds is 6. The summed E-state index contributed by atoms with van der Waals surface area (Å²) in [5.41, 5.74) is 0.667. The van der Waals surface area contributed by atoms with E-state index in [4.69, 9.17) is 0 Å². The molecule has 27 heavy (non-hydrogen) atoms. The largest absolute Gasteiger partial charge is 0.349 e. The van der Waals surface area contributed by atoms with Crippen LogP contribution in [0.4, 0.5) is 0 Å². The molecule has 0 bridgehead atoms. The first-order chi connectivity index (χ1) is 12.9. The predicted octanol–water partition coefficient (Wildman–Crippen LogP) is 3.12. The first-order valence-electron chi connectivity index (χ1n) is 9.01. The number of hydrogen-bond acceptors (Lipinski definition) is 4. The van der Waals surface area contributed by atoms with Gasteiger partial charge >= 0.3 is 0 Å². The number of nitrogens with zero attached hydrogens (tertiary/aromatic N) is 1. The molecule has 1 aliphatic heterocycles. The van der Waals surface area contributed by atoms with Crippen LogP contribution in [0.1, 0.15) is 23.2 Å². The van der Waals surface area contributed by atoms with Gasteiger partial charge in [0, 0.05) is 35.7 Å². The number of carbonyl (C=O) groups is 1. The smallest absolute Gasteiger partial charge is 0.251 e. The summed E-state index contributed by atoms with van der Waals surface area (Å²) in [4.78, 5) is 14.7. The fraction of sp³-hybridized carbons (Fsp3) is 0.350. The molecule has 1 aliphatic rings. The van der Waals surface area contributed by atoms with Gasteiger partial charge < -0.3 is 10.2 Å². The average molecular weight is 451 g/mol. The van der Waals surface area contributed by atoms with Crippen molar-refractivity contribution in [3.8, 4) is 0 Å². The number of carbonyl (C=O) groups excluding carboxylic acids is 1. The zero-order chi connectivity index (χ0) is 19.3. The highest BCUT2D eigenvalue weighted by Crippen LogP contribution is 2.17. The standard InChI is InChI=1S/C20H23BrN2O3S/c21-17-6-8-19(9-7-17)27(25,26)15-14-23-12-10-18(11-13-23)22-20(24)16-4-2-1-3-5-16/h1-9,18H,10-15H2,(H,22,24). The van der Waals surface area contributed by atoms with Crippen LogP contribution in [0.3, 0.4) is 0 Å². The predicted molar refractivity (Wildman–Crippen MR) is 110 cm³/mol. The van der Waals surface area contributed by atoms with E-state index in [-0.39, 0.29) is 17.7 Å². The summed E-state index contributed by atoms with van der Waals surface area (Å²) in [6.07, 6.45) is 1.66. The Bertz CT molecular complexity index is 862. The van der Waals surface area contributed by atoms with Crippen LogP contribution in [0.5, 0.6) is 0 Å². The van der Waals surface area contributed by atoms with Crippen molar-refractivity contribution in [3.63, 3.8) is 0 Å². The molecule has 5 nitrogen and oxygen atoms in total. The number of piperidine rings is 1. The van der Waals surface area contributed by atoms with E-state index >= 15 is 0 Å². The molecule has 144 valence electrons. The summed E-state index contributed by atoms with van der Waals surface area (Å²) in [6, 6.07) is 16.1. The van der Waals surface area contributed by atoms with Crippen LogP contribution >= 0.6 is 15.9 Å². The zero-order valence-corrected chi connectivity index (χ0v) is 17.4. The van der Waals surface area contributed by atoms with Gasteiger partial charge in [0.1, 0.15) is 0 Å². The van der Waals surface area contributed by atoms with Gasteiger partial charge in [0.25, 0.3) is 5.91 Å². The lowest BCUT2D eigenvalue weighted by Crippen LogP contribution is -2.45. The molecule has 1 heterocycles. The number of likely N-dealkylation sites (tertiary alicyclic amines) is 1. The van der Waals surface area contributed by atoms with Gasteiger partial charge in [-0.05, 0) is 49.2 Å². The van der Waals surface area contributed by atoms with E-state index in [9.17, 15) is 13.2 Å². The Morgan fingerprint density at radius 3 is 2.30 bits per heavy atom. The van der Waals surface area contributed by atoms with Crippen molar-refractivity contribution < 1.29 is 13.2 Å². The van der Waals surface area contributed by atoms with Gasteiger partial charge in [0.15, 0.2) is 9.84 Å². The second kappa shape index (κ2) is 8.99. The third-order valence-electron chi connectivity index (χ3n) is 4.81. The van der Waals surface area contributed by atoms with Crippen molar-refractivity contribution in [2.24, 2.45) is 0 Å². The Kier molecular flexibility index (Phi) is 6.68. The molecule has 1 saturated heterocycles. The van der Waals surface area contributed by atoms with Crippen molar-refractivity contribution in [3.05, 3.63) is 64.6 Å². The summed E-state index contributed by atoms with van der Waals surface area (Å²) in [5, 5.41) is 3.07. The van der Waals surface area contributed by atoms with E-state index < -0.39 is 9.84 Å². The minimum absolute atomic E-state index is 0.0492. The molecule has 2 aromatic carbocycles. The quantitative estimate of drug-likeness (QED) is 0.733. The first kappa shape index (κ1) is 20.0. The normalized spacial score (nSPS) is 16.2. The number of halogens is 1. The van der Waals surface area contributed by atoms with Crippen molar-refractivity contribution in [1.82, 2.24) is 10.2 Å². The van der Waals surface area contributed by atoms with Crippen LogP contribution in [0, 0.1) is 0 Å². The van der Waals surface area contributed by atoms with E-state index in [1.165, 1.54) is 0 Å². The van der Waals surface area contributed by atoms with Gasteiger partial charge in [-0.15, -0.1) is 0 Å². The molecule has 0 unspecified atom stereocenters. The lowest BCUT2D eigenvalue weighted by atomic mass is 10.0. The first-order valence-corrected chi connectivity index (χ1v) is 11.5. The average Bonchev–Trinajstić information content (AvgIpc) is 2.68. The topological polar surface area (TPSA) is 66.5 Å². The maximum atomic E-state index is 12.5. The van der Waals surface area contributed by atoms with Gasteiger partial charge in [-0.25, -0.2) is 8.42 Å². The van der Waals surface area contributed by atoms with Crippen LogP contribution in [0.15, 0.2) is 64.0 Å². The van der Waals surface area contributed by atoms with Gasteiger partial charge in [0.05, 0.1) is 10.6 Å². The minimum Gasteiger partial charge on any atom is -0.349 e. The van der Waals surface area contributed by atoms with E-state index in [0.29, 0.717) is 17.0 Å². The molecule has 0 aromatic heterocycles. The van der Waals surface area contributed by atoms with E-state index in [1.807, 2.05) is 18.2 Å². The highest BCUT2D eigenvalue weighted by Gasteiger charge is 2.23. The molecule has 0 radical (unpaired) electrons. The highest BCUT2D eigenvalue weighted by atomic mass is 79.9. The molecule has 7 heteroatoms. The van der Waals surface area contributed by atoms with Crippen LogP contribution in [-0.2, 0) is 9.84 Å². The Balaban J connectivity index is 1.45. The van der Waals surface area contributed by atoms with Crippen LogP contribution in [0.2, 0.25) is 0 Å². The summed E-state index contributed by atoms with van der Waals surface area (Å²) < 4.78 is 25.8. The summed E-state index contributed by atoms with van der Waals surface area (Å²) in [7, 11) is -3.28. The zero-order valence-electron chi connectivity index (χ0n) is 15.0. The van der Waals surface area contributed by atoms with E-state index in [0.717, 1.165) is 30.4 Å². The Hall–Kier alpha value is -1.70. The van der Waals surface area contributed by atoms with Crippen molar-refractivity contribution in [2.75, 3.05) is 25.4 Å². The third kappa shape index (κ3) is 5.64. The Labute approximate surface area is 168 Å². The molecule has 0 spiro atoms. The minimum atomic E-state index is -3.28. The van der Waals surface area contributed by atoms with Crippen molar-refractivity contribution in [2.45, 2.75) is 23.8 Å². The lowest BCUT2D eigenvalue weighted by molar-refractivity contribution is 0.0913.